The summed E-state index contributed by atoms with van der Waals surface area (Å²) < 4.78 is 0. The Hall–Kier alpha value is -0.960. The second-order valence-corrected chi connectivity index (χ2v) is 6.65. The fourth-order valence-corrected chi connectivity index (χ4v) is 3.20. The largest absolute Gasteiger partial charge is 0.392 e. The lowest BCUT2D eigenvalue weighted by Crippen LogP contribution is -2.13. The van der Waals surface area contributed by atoms with Gasteiger partial charge in [-0.25, -0.2) is 0 Å². The van der Waals surface area contributed by atoms with Crippen molar-refractivity contribution in [2.75, 3.05) is 5.75 Å². The van der Waals surface area contributed by atoms with E-state index in [0.717, 1.165) is 9.92 Å². The van der Waals surface area contributed by atoms with Crippen LogP contribution in [0.5, 0.6) is 0 Å². The number of aryl methyl sites for hydroxylation is 2. The van der Waals surface area contributed by atoms with Crippen LogP contribution in [-0.4, -0.2) is 17.0 Å². The fourth-order valence-electron chi connectivity index (χ4n) is 2.24. The zero-order chi connectivity index (χ0) is 14.5. The number of halogens is 1. The topological polar surface area (TPSA) is 20.2 Å². The van der Waals surface area contributed by atoms with E-state index in [4.69, 9.17) is 11.6 Å². The van der Waals surface area contributed by atoms with Crippen molar-refractivity contribution in [2.24, 2.45) is 0 Å². The van der Waals surface area contributed by atoms with Crippen molar-refractivity contribution in [3.8, 4) is 0 Å². The number of aliphatic hydroxyl groups excluding tert-OH is 1. The maximum atomic E-state index is 10.2. The highest BCUT2D eigenvalue weighted by molar-refractivity contribution is 7.99. The van der Waals surface area contributed by atoms with Gasteiger partial charge in [0.25, 0.3) is 0 Å². The van der Waals surface area contributed by atoms with Gasteiger partial charge in [0, 0.05) is 15.7 Å². The first-order chi connectivity index (χ1) is 9.52. The Morgan fingerprint density at radius 1 is 1.05 bits per heavy atom. The van der Waals surface area contributed by atoms with Crippen molar-refractivity contribution >= 4 is 23.4 Å². The van der Waals surface area contributed by atoms with E-state index < -0.39 is 0 Å². The predicted molar refractivity (Wildman–Crippen MR) is 87.8 cm³/mol. The minimum Gasteiger partial charge on any atom is -0.392 e. The summed E-state index contributed by atoms with van der Waals surface area (Å²) in [4.78, 5) is 1.13. The van der Waals surface area contributed by atoms with Gasteiger partial charge < -0.3 is 5.11 Å². The number of rotatable bonds is 5. The van der Waals surface area contributed by atoms with Gasteiger partial charge >= 0.3 is 0 Å². The molecule has 1 N–H and O–H groups in total. The van der Waals surface area contributed by atoms with Crippen molar-refractivity contribution in [1.82, 2.24) is 0 Å². The highest BCUT2D eigenvalue weighted by atomic mass is 35.5. The zero-order valence-corrected chi connectivity index (χ0v) is 13.3. The molecule has 2 aromatic rings. The van der Waals surface area contributed by atoms with Gasteiger partial charge in [-0.15, -0.1) is 11.8 Å². The average molecular weight is 307 g/mol. The lowest BCUT2D eigenvalue weighted by molar-refractivity contribution is 0.200. The summed E-state index contributed by atoms with van der Waals surface area (Å²) in [7, 11) is 0. The maximum absolute atomic E-state index is 10.2. The van der Waals surface area contributed by atoms with Crippen LogP contribution in [0, 0.1) is 13.8 Å². The molecule has 0 aromatic heterocycles. The van der Waals surface area contributed by atoms with E-state index in [0.29, 0.717) is 12.2 Å². The smallest absolute Gasteiger partial charge is 0.0674 e. The van der Waals surface area contributed by atoms with Crippen molar-refractivity contribution < 1.29 is 5.11 Å². The summed E-state index contributed by atoms with van der Waals surface area (Å²) in [5.74, 6) is 0.689. The number of thioether (sulfide) groups is 1. The Kier molecular flexibility index (Phi) is 5.53. The van der Waals surface area contributed by atoms with Gasteiger partial charge in [-0.3, -0.25) is 0 Å². The number of hydrogen-bond donors (Lipinski definition) is 1. The molecule has 2 rings (SSSR count). The van der Waals surface area contributed by atoms with Gasteiger partial charge in [-0.2, -0.15) is 0 Å². The molecule has 0 saturated heterocycles. The minimum absolute atomic E-state index is 0.336. The Balaban J connectivity index is 1.88. The minimum atomic E-state index is -0.336. The monoisotopic (exact) mass is 306 g/mol. The third kappa shape index (κ3) is 4.86. The SMILES string of the molecule is Cc1cc(C)cc(CC(O)CSc2ccc(Cl)cc2)c1. The van der Waals surface area contributed by atoms with E-state index in [9.17, 15) is 5.11 Å². The fraction of sp³-hybridized carbons (Fsp3) is 0.294. The van der Waals surface area contributed by atoms with Crippen LogP contribution in [0.25, 0.3) is 0 Å². The van der Waals surface area contributed by atoms with Gasteiger partial charge in [0.05, 0.1) is 6.10 Å². The van der Waals surface area contributed by atoms with E-state index in [1.54, 1.807) is 11.8 Å². The van der Waals surface area contributed by atoms with E-state index in [-0.39, 0.29) is 6.10 Å². The first kappa shape index (κ1) is 15.4. The van der Waals surface area contributed by atoms with E-state index in [1.165, 1.54) is 16.7 Å². The molecule has 0 aliphatic carbocycles. The molecule has 0 spiro atoms. The molecule has 106 valence electrons. The molecule has 0 aliphatic rings. The van der Waals surface area contributed by atoms with Gasteiger partial charge in [0.1, 0.15) is 0 Å². The standard InChI is InChI=1S/C17H19ClOS/c1-12-7-13(2)9-14(8-12)10-16(19)11-20-17-5-3-15(18)4-6-17/h3-9,16,19H,10-11H2,1-2H3. The summed E-state index contributed by atoms with van der Waals surface area (Å²) in [6, 6.07) is 14.2. The normalized spacial score (nSPS) is 12.4. The molecule has 0 bridgehead atoms. The molecular weight excluding hydrogens is 288 g/mol. The van der Waals surface area contributed by atoms with Gasteiger partial charge in [0.2, 0.25) is 0 Å². The summed E-state index contributed by atoms with van der Waals surface area (Å²) in [6.07, 6.45) is 0.361. The van der Waals surface area contributed by atoms with Crippen molar-refractivity contribution in [1.29, 1.82) is 0 Å². The quantitative estimate of drug-likeness (QED) is 0.811. The molecule has 3 heteroatoms. The lowest BCUT2D eigenvalue weighted by Gasteiger charge is -2.11. The Morgan fingerprint density at radius 3 is 2.25 bits per heavy atom. The lowest BCUT2D eigenvalue weighted by atomic mass is 10.0. The van der Waals surface area contributed by atoms with Gasteiger partial charge in [-0.05, 0) is 50.1 Å². The number of hydrogen-bond acceptors (Lipinski definition) is 2. The zero-order valence-electron chi connectivity index (χ0n) is 11.8. The van der Waals surface area contributed by atoms with Crippen LogP contribution >= 0.6 is 23.4 Å². The van der Waals surface area contributed by atoms with Crippen molar-refractivity contribution in [3.05, 3.63) is 64.2 Å². The predicted octanol–water partition coefficient (Wildman–Crippen LogP) is 4.65. The molecule has 0 saturated carbocycles. The van der Waals surface area contributed by atoms with Crippen LogP contribution in [0.4, 0.5) is 0 Å². The molecule has 20 heavy (non-hydrogen) atoms. The second-order valence-electron chi connectivity index (χ2n) is 5.12. The van der Waals surface area contributed by atoms with Gasteiger partial charge in [0.15, 0.2) is 0 Å². The summed E-state index contributed by atoms with van der Waals surface area (Å²) >= 11 is 7.51. The number of aliphatic hydroxyl groups is 1. The molecule has 2 aromatic carbocycles. The van der Waals surface area contributed by atoms with Crippen LogP contribution in [0.1, 0.15) is 16.7 Å². The molecular formula is C17H19ClOS. The molecule has 0 aliphatic heterocycles. The van der Waals surface area contributed by atoms with Crippen molar-refractivity contribution in [3.63, 3.8) is 0 Å². The average Bonchev–Trinajstić information content (AvgIpc) is 2.37. The Labute approximate surface area is 130 Å². The Bertz CT molecular complexity index is 545. The first-order valence-electron chi connectivity index (χ1n) is 6.66. The molecule has 1 unspecified atom stereocenters. The summed E-state index contributed by atoms with van der Waals surface area (Å²) in [6.45, 7) is 4.18. The van der Waals surface area contributed by atoms with E-state index in [2.05, 4.69) is 32.0 Å². The van der Waals surface area contributed by atoms with Crippen molar-refractivity contribution in [2.45, 2.75) is 31.3 Å². The number of benzene rings is 2. The first-order valence-corrected chi connectivity index (χ1v) is 8.03. The molecule has 1 nitrogen and oxygen atoms in total. The molecule has 1 atom stereocenters. The molecule has 0 amide bonds. The van der Waals surface area contributed by atoms with Crippen LogP contribution < -0.4 is 0 Å². The Morgan fingerprint density at radius 2 is 1.65 bits per heavy atom. The van der Waals surface area contributed by atoms with E-state index >= 15 is 0 Å². The summed E-state index contributed by atoms with van der Waals surface area (Å²) in [5.41, 5.74) is 3.70. The highest BCUT2D eigenvalue weighted by Gasteiger charge is 2.07. The summed E-state index contributed by atoms with van der Waals surface area (Å²) in [5, 5.41) is 10.9. The van der Waals surface area contributed by atoms with Crippen LogP contribution in [-0.2, 0) is 6.42 Å². The van der Waals surface area contributed by atoms with Crippen LogP contribution in [0.3, 0.4) is 0 Å². The second kappa shape index (κ2) is 7.16. The molecule has 0 radical (unpaired) electrons. The third-order valence-electron chi connectivity index (χ3n) is 3.01. The maximum Gasteiger partial charge on any atom is 0.0674 e. The van der Waals surface area contributed by atoms with Crippen LogP contribution in [0.15, 0.2) is 47.4 Å². The van der Waals surface area contributed by atoms with Crippen LogP contribution in [0.2, 0.25) is 5.02 Å². The highest BCUT2D eigenvalue weighted by Crippen LogP contribution is 2.22. The van der Waals surface area contributed by atoms with E-state index in [1.807, 2.05) is 24.3 Å². The third-order valence-corrected chi connectivity index (χ3v) is 4.42. The molecule has 0 fully saturated rings. The van der Waals surface area contributed by atoms with Gasteiger partial charge in [-0.1, -0.05) is 40.9 Å². The molecule has 0 heterocycles.